The zero-order valence-corrected chi connectivity index (χ0v) is 37.3. The molecule has 0 aliphatic carbocycles. The van der Waals surface area contributed by atoms with E-state index in [9.17, 15) is 19.2 Å². The molecule has 0 bridgehead atoms. The van der Waals surface area contributed by atoms with Gasteiger partial charge in [-0.25, -0.2) is 0 Å². The van der Waals surface area contributed by atoms with Crippen molar-refractivity contribution in [1.29, 1.82) is 0 Å². The van der Waals surface area contributed by atoms with Crippen LogP contribution in [-0.4, -0.2) is 81.5 Å². The van der Waals surface area contributed by atoms with Gasteiger partial charge in [0.25, 0.3) is 23.6 Å². The van der Waals surface area contributed by atoms with E-state index in [4.69, 9.17) is 66.3 Å². The Morgan fingerprint density at radius 3 is 1.17 bits per heavy atom. The van der Waals surface area contributed by atoms with Crippen LogP contribution in [0, 0.1) is 0 Å². The van der Waals surface area contributed by atoms with Crippen LogP contribution in [0.5, 0.6) is 0 Å². The van der Waals surface area contributed by atoms with Crippen LogP contribution in [0.1, 0.15) is 114 Å². The number of carbonyl (C=O) groups is 4. The summed E-state index contributed by atoms with van der Waals surface area (Å²) in [6.07, 6.45) is 3.72. The number of rotatable bonds is 16. The topological polar surface area (TPSA) is 124 Å². The molecule has 0 saturated heterocycles. The van der Waals surface area contributed by atoms with E-state index in [1.165, 1.54) is 0 Å². The van der Waals surface area contributed by atoms with Crippen molar-refractivity contribution in [1.82, 2.24) is 20.1 Å². The number of imide groups is 2. The average Bonchev–Trinajstić information content (AvgIpc) is 4.03. The Morgan fingerprint density at radius 1 is 0.469 bits per heavy atom. The molecule has 4 amide bonds. The van der Waals surface area contributed by atoms with Gasteiger partial charge in [-0.15, -0.1) is 10.1 Å². The van der Waals surface area contributed by atoms with Gasteiger partial charge in [-0.2, -0.15) is 10.2 Å². The molecule has 4 aliphatic rings. The second-order valence-electron chi connectivity index (χ2n) is 15.8. The largest absolute Gasteiger partial charge is 0.289 e. The van der Waals surface area contributed by atoms with E-state index >= 15 is 0 Å². The molecule has 0 saturated carbocycles. The Bertz CT molecular complexity index is 2480. The number of carbonyl (C=O) groups excluding carboxylic acids is 4. The van der Waals surface area contributed by atoms with Crippen LogP contribution in [0.15, 0.2) is 119 Å². The number of benzene rings is 5. The molecule has 4 heterocycles. The van der Waals surface area contributed by atoms with Crippen LogP contribution in [-0.2, 0) is 9.68 Å². The Kier molecular flexibility index (Phi) is 12.9. The van der Waals surface area contributed by atoms with Crippen LogP contribution in [0.2, 0.25) is 20.1 Å². The normalized spacial score (nSPS) is 18.1. The summed E-state index contributed by atoms with van der Waals surface area (Å²) in [4.78, 5) is 62.5. The second kappa shape index (κ2) is 18.9. The summed E-state index contributed by atoms with van der Waals surface area (Å²) in [6, 6.07) is 32.5. The molecule has 0 aromatic heterocycles. The van der Waals surface area contributed by atoms with E-state index in [0.29, 0.717) is 94.0 Å². The number of fused-ring (bicyclic) bond motifs is 2. The Labute approximate surface area is 389 Å². The van der Waals surface area contributed by atoms with E-state index < -0.39 is 23.6 Å². The second-order valence-corrected chi connectivity index (χ2v) is 17.4. The van der Waals surface area contributed by atoms with Gasteiger partial charge in [-0.05, 0) is 85.3 Å². The van der Waals surface area contributed by atoms with Crippen molar-refractivity contribution in [3.8, 4) is 0 Å². The van der Waals surface area contributed by atoms with E-state index in [-0.39, 0.29) is 25.3 Å². The minimum absolute atomic E-state index is 0.102. The van der Waals surface area contributed by atoms with Crippen molar-refractivity contribution >= 4 is 81.5 Å². The van der Waals surface area contributed by atoms with Gasteiger partial charge < -0.3 is 0 Å². The smallest absolute Gasteiger partial charge is 0.285 e. The van der Waals surface area contributed by atoms with Gasteiger partial charge in [0.05, 0.1) is 69.0 Å². The standard InChI is InChI=1S/C48H40Cl4N6O6/c49-31-17-19-37(39(51)25-31)41-27-43(55(53-41)21-5-7-23-63-57-45(59)33-9-1-2-10-34(33)46(57)60)29-13-15-30(16-14-29)44-28-42(38-20-18-32(50)26-40(38)52)54-56(44)22-6-8-24-64-58-47(61)35-11-3-4-12-36(35)48(58)62/h1-4,9-20,25-26,43-44H,5-8,21-24,27-28H2. The Morgan fingerprint density at radius 2 is 0.828 bits per heavy atom. The summed E-state index contributed by atoms with van der Waals surface area (Å²) in [7, 11) is 0. The summed E-state index contributed by atoms with van der Waals surface area (Å²) in [6.45, 7) is 1.53. The first-order valence-electron chi connectivity index (χ1n) is 21.0. The zero-order valence-electron chi connectivity index (χ0n) is 34.3. The molecular formula is C48H40Cl4N6O6. The molecule has 4 aliphatic heterocycles. The molecule has 0 fully saturated rings. The van der Waals surface area contributed by atoms with Gasteiger partial charge >= 0.3 is 0 Å². The highest BCUT2D eigenvalue weighted by atomic mass is 35.5. The highest BCUT2D eigenvalue weighted by Crippen LogP contribution is 2.39. The lowest BCUT2D eigenvalue weighted by Gasteiger charge is -2.26. The van der Waals surface area contributed by atoms with E-state index in [0.717, 1.165) is 43.8 Å². The van der Waals surface area contributed by atoms with Gasteiger partial charge in [-0.3, -0.25) is 38.9 Å². The molecule has 0 N–H and O–H groups in total. The fourth-order valence-electron chi connectivity index (χ4n) is 8.45. The molecule has 2 unspecified atom stereocenters. The molecule has 0 radical (unpaired) electrons. The molecule has 326 valence electrons. The summed E-state index contributed by atoms with van der Waals surface area (Å²) < 4.78 is 0. The summed E-state index contributed by atoms with van der Waals surface area (Å²) in [5.41, 5.74) is 6.77. The van der Waals surface area contributed by atoms with Crippen LogP contribution in [0.3, 0.4) is 0 Å². The van der Waals surface area contributed by atoms with Gasteiger partial charge in [0, 0.05) is 47.1 Å². The maximum absolute atomic E-state index is 12.8. The van der Waals surface area contributed by atoms with Crippen molar-refractivity contribution in [2.24, 2.45) is 10.2 Å². The SMILES string of the molecule is O=C1c2ccccc2C(=O)N1OCCCCN1N=C(c2ccc(Cl)cc2Cl)CC1c1ccc(C2CC(c3ccc(Cl)cc3Cl)=NN2CCCCON2C(=O)c3ccccc3C2=O)cc1. The van der Waals surface area contributed by atoms with E-state index in [1.807, 2.05) is 12.1 Å². The number of hydroxylamine groups is 4. The minimum atomic E-state index is -0.457. The van der Waals surface area contributed by atoms with Crippen LogP contribution in [0.25, 0.3) is 0 Å². The van der Waals surface area contributed by atoms with Gasteiger partial charge in [0.15, 0.2) is 0 Å². The Balaban J connectivity index is 0.872. The number of amides is 4. The summed E-state index contributed by atoms with van der Waals surface area (Å²) in [5.74, 6) is -1.83. The molecule has 9 rings (SSSR count). The van der Waals surface area contributed by atoms with Gasteiger partial charge in [0.2, 0.25) is 0 Å². The molecule has 16 heteroatoms. The quantitative estimate of drug-likeness (QED) is 0.0708. The number of nitrogens with zero attached hydrogens (tertiary/aromatic N) is 6. The summed E-state index contributed by atoms with van der Waals surface area (Å²) >= 11 is 25.9. The number of hydrogen-bond donors (Lipinski definition) is 0. The molecule has 0 spiro atoms. The maximum atomic E-state index is 12.8. The van der Waals surface area contributed by atoms with E-state index in [1.54, 1.807) is 72.8 Å². The fourth-order valence-corrected chi connectivity index (χ4v) is 9.48. The summed E-state index contributed by atoms with van der Waals surface area (Å²) in [5, 5.41) is 18.1. The first-order chi connectivity index (χ1) is 31.0. The monoisotopic (exact) mass is 936 g/mol. The highest BCUT2D eigenvalue weighted by Gasteiger charge is 2.38. The van der Waals surface area contributed by atoms with Crippen molar-refractivity contribution in [2.75, 3.05) is 26.3 Å². The van der Waals surface area contributed by atoms with Crippen molar-refractivity contribution in [3.63, 3.8) is 0 Å². The molecule has 64 heavy (non-hydrogen) atoms. The van der Waals surface area contributed by atoms with Crippen molar-refractivity contribution < 1.29 is 28.9 Å². The zero-order chi connectivity index (χ0) is 44.5. The lowest BCUT2D eigenvalue weighted by Crippen LogP contribution is -2.30. The van der Waals surface area contributed by atoms with Crippen LogP contribution >= 0.6 is 46.4 Å². The first kappa shape index (κ1) is 43.6. The van der Waals surface area contributed by atoms with Crippen LogP contribution < -0.4 is 0 Å². The highest BCUT2D eigenvalue weighted by molar-refractivity contribution is 6.38. The number of unbranched alkanes of at least 4 members (excludes halogenated alkanes) is 2. The maximum Gasteiger partial charge on any atom is 0.285 e. The van der Waals surface area contributed by atoms with Gasteiger partial charge in [0.1, 0.15) is 0 Å². The molecular weight excluding hydrogens is 898 g/mol. The minimum Gasteiger partial charge on any atom is -0.289 e. The molecule has 5 aromatic rings. The first-order valence-corrected chi connectivity index (χ1v) is 22.5. The van der Waals surface area contributed by atoms with Crippen molar-refractivity contribution in [2.45, 2.75) is 50.6 Å². The van der Waals surface area contributed by atoms with Crippen LogP contribution in [0.4, 0.5) is 0 Å². The number of halogens is 4. The van der Waals surface area contributed by atoms with Crippen molar-refractivity contribution in [3.05, 3.63) is 174 Å². The third-order valence-electron chi connectivity index (χ3n) is 11.7. The molecule has 2 atom stereocenters. The third-order valence-corrected chi connectivity index (χ3v) is 12.8. The third kappa shape index (κ3) is 8.78. The lowest BCUT2D eigenvalue weighted by atomic mass is 9.94. The predicted molar refractivity (Wildman–Crippen MR) is 245 cm³/mol. The fraction of sp³-hybridized carbons (Fsp3) is 0.250. The molecule has 12 nitrogen and oxygen atoms in total. The van der Waals surface area contributed by atoms with E-state index in [2.05, 4.69) is 34.3 Å². The predicted octanol–water partition coefficient (Wildman–Crippen LogP) is 10.6. The number of hydrazone groups is 2. The van der Waals surface area contributed by atoms with Gasteiger partial charge in [-0.1, -0.05) is 107 Å². The Hall–Kier alpha value is -5.60. The number of hydrogen-bond acceptors (Lipinski definition) is 10. The lowest BCUT2D eigenvalue weighted by molar-refractivity contribution is -0.0927. The average molecular weight is 939 g/mol. The molecule has 5 aromatic carbocycles.